The fourth-order valence-corrected chi connectivity index (χ4v) is 1.84. The van der Waals surface area contributed by atoms with Crippen molar-refractivity contribution >= 4 is 5.91 Å². The Kier molecular flexibility index (Phi) is 2.23. The maximum atomic E-state index is 11.3. The molecule has 1 saturated heterocycles. The van der Waals surface area contributed by atoms with Crippen LogP contribution >= 0.6 is 0 Å². The molecule has 2 heterocycles. The van der Waals surface area contributed by atoms with Crippen LogP contribution in [-0.2, 0) is 4.79 Å². The number of aromatic nitrogens is 1. The summed E-state index contributed by atoms with van der Waals surface area (Å²) in [6.07, 6.45) is 1.87. The Morgan fingerprint density at radius 2 is 2.29 bits per heavy atom. The predicted molar refractivity (Wildman–Crippen MR) is 53.9 cm³/mol. The van der Waals surface area contributed by atoms with Crippen molar-refractivity contribution in [1.82, 2.24) is 10.3 Å². The molecule has 1 fully saturated rings. The highest BCUT2D eigenvalue weighted by molar-refractivity contribution is 5.81. The molecule has 2 rings (SSSR count). The standard InChI is InChI=1S/C11H14N2O/c1-7-3-4-9(5-12-7)10-6-13-11(14)8(10)2/h3-5,8,10H,6H2,1-2H3,(H,13,14)/t8-,10+/m0/s1. The van der Waals surface area contributed by atoms with Gasteiger partial charge in [0.1, 0.15) is 0 Å². The number of carbonyl (C=O) groups is 1. The van der Waals surface area contributed by atoms with Crippen LogP contribution in [0, 0.1) is 12.8 Å². The Balaban J connectivity index is 2.23. The van der Waals surface area contributed by atoms with Crippen molar-refractivity contribution in [3.05, 3.63) is 29.6 Å². The summed E-state index contributed by atoms with van der Waals surface area (Å²) < 4.78 is 0. The molecule has 0 aliphatic carbocycles. The van der Waals surface area contributed by atoms with Crippen LogP contribution in [0.15, 0.2) is 18.3 Å². The summed E-state index contributed by atoms with van der Waals surface area (Å²) in [4.78, 5) is 15.5. The molecule has 1 aliphatic rings. The number of hydrogen-bond acceptors (Lipinski definition) is 2. The van der Waals surface area contributed by atoms with E-state index < -0.39 is 0 Å². The maximum Gasteiger partial charge on any atom is 0.223 e. The molecule has 0 bridgehead atoms. The van der Waals surface area contributed by atoms with E-state index in [1.165, 1.54) is 0 Å². The molecule has 1 aromatic rings. The zero-order valence-corrected chi connectivity index (χ0v) is 8.45. The number of amides is 1. The molecule has 2 atom stereocenters. The van der Waals surface area contributed by atoms with Crippen LogP contribution < -0.4 is 5.32 Å². The second kappa shape index (κ2) is 3.40. The zero-order valence-electron chi connectivity index (χ0n) is 8.45. The lowest BCUT2D eigenvalue weighted by atomic mass is 9.91. The van der Waals surface area contributed by atoms with E-state index in [0.29, 0.717) is 0 Å². The van der Waals surface area contributed by atoms with Crippen LogP contribution in [-0.4, -0.2) is 17.4 Å². The first kappa shape index (κ1) is 9.19. The highest BCUT2D eigenvalue weighted by Gasteiger charge is 2.31. The van der Waals surface area contributed by atoms with E-state index >= 15 is 0 Å². The normalized spacial score (nSPS) is 26.3. The van der Waals surface area contributed by atoms with Crippen LogP contribution in [0.3, 0.4) is 0 Å². The van der Waals surface area contributed by atoms with Crippen molar-refractivity contribution in [2.75, 3.05) is 6.54 Å². The van der Waals surface area contributed by atoms with Gasteiger partial charge in [0.2, 0.25) is 5.91 Å². The third-order valence-corrected chi connectivity index (χ3v) is 2.88. The number of nitrogens with one attached hydrogen (secondary N) is 1. The first-order valence-corrected chi connectivity index (χ1v) is 4.89. The molecule has 74 valence electrons. The van der Waals surface area contributed by atoms with E-state index in [1.807, 2.05) is 26.1 Å². The van der Waals surface area contributed by atoms with Gasteiger partial charge < -0.3 is 5.32 Å². The van der Waals surface area contributed by atoms with E-state index in [4.69, 9.17) is 0 Å². The summed E-state index contributed by atoms with van der Waals surface area (Å²) in [5.41, 5.74) is 2.17. The van der Waals surface area contributed by atoms with Gasteiger partial charge in [0.05, 0.1) is 0 Å². The van der Waals surface area contributed by atoms with Gasteiger partial charge in [-0.05, 0) is 18.6 Å². The monoisotopic (exact) mass is 190 g/mol. The topological polar surface area (TPSA) is 42.0 Å². The summed E-state index contributed by atoms with van der Waals surface area (Å²) in [5, 5.41) is 2.87. The Bertz CT molecular complexity index is 345. The first-order valence-electron chi connectivity index (χ1n) is 4.89. The zero-order chi connectivity index (χ0) is 10.1. The second-order valence-corrected chi connectivity index (χ2v) is 3.87. The van der Waals surface area contributed by atoms with E-state index in [0.717, 1.165) is 17.8 Å². The van der Waals surface area contributed by atoms with Crippen molar-refractivity contribution in [2.24, 2.45) is 5.92 Å². The summed E-state index contributed by atoms with van der Waals surface area (Å²) >= 11 is 0. The lowest BCUT2D eigenvalue weighted by Crippen LogP contribution is -2.16. The third kappa shape index (κ3) is 1.50. The van der Waals surface area contributed by atoms with Gasteiger partial charge >= 0.3 is 0 Å². The molecule has 0 radical (unpaired) electrons. The van der Waals surface area contributed by atoms with Crippen LogP contribution in [0.1, 0.15) is 24.1 Å². The Morgan fingerprint density at radius 1 is 1.50 bits per heavy atom. The highest BCUT2D eigenvalue weighted by atomic mass is 16.2. The number of rotatable bonds is 1. The molecule has 0 spiro atoms. The van der Waals surface area contributed by atoms with E-state index in [-0.39, 0.29) is 17.7 Å². The van der Waals surface area contributed by atoms with E-state index in [2.05, 4.69) is 16.4 Å². The summed E-state index contributed by atoms with van der Waals surface area (Å²) in [5.74, 6) is 0.505. The van der Waals surface area contributed by atoms with Gasteiger partial charge in [0.25, 0.3) is 0 Å². The molecule has 0 unspecified atom stereocenters. The number of nitrogens with zero attached hydrogens (tertiary/aromatic N) is 1. The van der Waals surface area contributed by atoms with Gasteiger partial charge in [-0.25, -0.2) is 0 Å². The van der Waals surface area contributed by atoms with Crippen molar-refractivity contribution < 1.29 is 4.79 Å². The van der Waals surface area contributed by atoms with Crippen molar-refractivity contribution in [2.45, 2.75) is 19.8 Å². The van der Waals surface area contributed by atoms with Crippen LogP contribution in [0.5, 0.6) is 0 Å². The van der Waals surface area contributed by atoms with Gasteiger partial charge in [0.15, 0.2) is 0 Å². The molecule has 1 amide bonds. The molecule has 1 aromatic heterocycles. The summed E-state index contributed by atoms with van der Waals surface area (Å²) in [7, 11) is 0. The molecule has 1 N–H and O–H groups in total. The van der Waals surface area contributed by atoms with Gasteiger partial charge in [-0.3, -0.25) is 9.78 Å². The fourth-order valence-electron chi connectivity index (χ4n) is 1.84. The van der Waals surface area contributed by atoms with Gasteiger partial charge in [-0.2, -0.15) is 0 Å². The molecule has 0 aromatic carbocycles. The lowest BCUT2D eigenvalue weighted by molar-refractivity contribution is -0.122. The average Bonchev–Trinajstić information content (AvgIpc) is 2.50. The molecular weight excluding hydrogens is 176 g/mol. The third-order valence-electron chi connectivity index (χ3n) is 2.88. The van der Waals surface area contributed by atoms with Crippen molar-refractivity contribution in [1.29, 1.82) is 0 Å². The van der Waals surface area contributed by atoms with Gasteiger partial charge in [0, 0.05) is 30.3 Å². The summed E-state index contributed by atoms with van der Waals surface area (Å²) in [6.45, 7) is 4.67. The average molecular weight is 190 g/mol. The maximum absolute atomic E-state index is 11.3. The Hall–Kier alpha value is -1.38. The van der Waals surface area contributed by atoms with E-state index in [9.17, 15) is 4.79 Å². The molecular formula is C11H14N2O. The largest absolute Gasteiger partial charge is 0.355 e. The van der Waals surface area contributed by atoms with Crippen LogP contribution in [0.4, 0.5) is 0 Å². The molecule has 14 heavy (non-hydrogen) atoms. The van der Waals surface area contributed by atoms with Crippen LogP contribution in [0.25, 0.3) is 0 Å². The fraction of sp³-hybridized carbons (Fsp3) is 0.455. The van der Waals surface area contributed by atoms with Crippen molar-refractivity contribution in [3.8, 4) is 0 Å². The number of carbonyl (C=O) groups excluding carboxylic acids is 1. The minimum Gasteiger partial charge on any atom is -0.355 e. The molecule has 0 saturated carbocycles. The van der Waals surface area contributed by atoms with E-state index in [1.54, 1.807) is 0 Å². The molecule has 3 nitrogen and oxygen atoms in total. The minimum atomic E-state index is 0.0690. The Morgan fingerprint density at radius 3 is 2.79 bits per heavy atom. The first-order chi connectivity index (χ1) is 6.68. The Labute approximate surface area is 83.5 Å². The minimum absolute atomic E-state index is 0.0690. The SMILES string of the molecule is Cc1ccc([C@@H]2CNC(=O)[C@H]2C)cn1. The number of aryl methyl sites for hydroxylation is 1. The number of pyridine rings is 1. The highest BCUT2D eigenvalue weighted by Crippen LogP contribution is 2.27. The van der Waals surface area contributed by atoms with Gasteiger partial charge in [-0.1, -0.05) is 13.0 Å². The number of hydrogen-bond donors (Lipinski definition) is 1. The molecule has 1 aliphatic heterocycles. The quantitative estimate of drug-likeness (QED) is 0.724. The lowest BCUT2D eigenvalue weighted by Gasteiger charge is -2.12. The molecule has 3 heteroatoms. The smallest absolute Gasteiger partial charge is 0.223 e. The second-order valence-electron chi connectivity index (χ2n) is 3.87. The predicted octanol–water partition coefficient (Wildman–Crippen LogP) is 1.24. The van der Waals surface area contributed by atoms with Crippen LogP contribution in [0.2, 0.25) is 0 Å². The van der Waals surface area contributed by atoms with Gasteiger partial charge in [-0.15, -0.1) is 0 Å². The van der Waals surface area contributed by atoms with Crippen molar-refractivity contribution in [3.63, 3.8) is 0 Å². The summed E-state index contributed by atoms with van der Waals surface area (Å²) in [6, 6.07) is 4.05.